The Morgan fingerprint density at radius 2 is 2.00 bits per heavy atom. The Balaban J connectivity index is 2.51. The molecule has 142 valence electrons. The third-order valence-electron chi connectivity index (χ3n) is 4.25. The molecule has 2 N–H and O–H groups in total. The van der Waals surface area contributed by atoms with E-state index in [9.17, 15) is 4.79 Å². The largest absolute Gasteiger partial charge is 0.346 e. The molecule has 1 aromatic heterocycles. The van der Waals surface area contributed by atoms with Crippen molar-refractivity contribution in [3.63, 3.8) is 0 Å². The Kier molecular flexibility index (Phi) is 7.23. The number of para-hydroxylation sites is 1. The molecule has 0 aliphatic rings. The second-order valence-electron chi connectivity index (χ2n) is 7.19. The Morgan fingerprint density at radius 1 is 1.31 bits per heavy atom. The van der Waals surface area contributed by atoms with Gasteiger partial charge in [0.15, 0.2) is 0 Å². The summed E-state index contributed by atoms with van der Waals surface area (Å²) in [6.07, 6.45) is 1.69. The van der Waals surface area contributed by atoms with Gasteiger partial charge in [0, 0.05) is 0 Å². The van der Waals surface area contributed by atoms with Crippen LogP contribution in [0.5, 0.6) is 0 Å². The highest BCUT2D eigenvalue weighted by Crippen LogP contribution is 2.29. The van der Waals surface area contributed by atoms with Gasteiger partial charge < -0.3 is 10.2 Å². The number of carbonyl (C=O) groups excluding carboxylic acids is 1. The van der Waals surface area contributed by atoms with Gasteiger partial charge in [-0.25, -0.2) is 4.68 Å². The maximum atomic E-state index is 13.0. The average Bonchev–Trinajstić information content (AvgIpc) is 2.94. The number of benzene rings is 1. The number of nitrogens with zero attached hydrogens (tertiary/aromatic N) is 2. The van der Waals surface area contributed by atoms with E-state index in [-0.39, 0.29) is 11.8 Å². The second-order valence-corrected chi connectivity index (χ2v) is 7.60. The number of hydrogen-bond acceptors (Lipinski definition) is 2. The van der Waals surface area contributed by atoms with Gasteiger partial charge in [-0.1, -0.05) is 50.9 Å². The lowest BCUT2D eigenvalue weighted by Crippen LogP contribution is -3.06. The van der Waals surface area contributed by atoms with Crippen LogP contribution in [0, 0.1) is 0 Å². The number of amides is 1. The summed E-state index contributed by atoms with van der Waals surface area (Å²) in [6, 6.07) is 7.62. The molecule has 0 saturated heterocycles. The molecule has 1 heterocycles. The Bertz CT molecular complexity index is 752. The summed E-state index contributed by atoms with van der Waals surface area (Å²) in [4.78, 5) is 14.3. The summed E-state index contributed by atoms with van der Waals surface area (Å²) >= 11 is 6.41. The normalized spacial score (nSPS) is 11.4. The molecule has 0 aliphatic heterocycles. The van der Waals surface area contributed by atoms with E-state index in [2.05, 4.69) is 40.2 Å². The lowest BCUT2D eigenvalue weighted by molar-refractivity contribution is -0.856. The zero-order valence-corrected chi connectivity index (χ0v) is 17.2. The van der Waals surface area contributed by atoms with E-state index >= 15 is 0 Å². The SMILES string of the molecule is CCCc1nn(-c2ccccc2Cl)c(C(C)C)c1C(=O)NCC[NH+](C)C. The van der Waals surface area contributed by atoms with Crippen LogP contribution in [0.3, 0.4) is 0 Å². The number of nitrogens with one attached hydrogen (secondary N) is 2. The Labute approximate surface area is 161 Å². The van der Waals surface area contributed by atoms with Crippen molar-refractivity contribution in [3.8, 4) is 5.69 Å². The number of aryl methyl sites for hydroxylation is 1. The smallest absolute Gasteiger partial charge is 0.255 e. The fourth-order valence-electron chi connectivity index (χ4n) is 2.99. The summed E-state index contributed by atoms with van der Waals surface area (Å²) in [6.45, 7) is 7.79. The summed E-state index contributed by atoms with van der Waals surface area (Å²) in [5.41, 5.74) is 3.27. The van der Waals surface area contributed by atoms with Crippen LogP contribution in [-0.2, 0) is 6.42 Å². The maximum Gasteiger partial charge on any atom is 0.255 e. The second kappa shape index (κ2) is 9.19. The topological polar surface area (TPSA) is 51.4 Å². The van der Waals surface area contributed by atoms with Crippen LogP contribution in [0.1, 0.15) is 54.9 Å². The number of hydrogen-bond donors (Lipinski definition) is 2. The van der Waals surface area contributed by atoms with Gasteiger partial charge in [0.2, 0.25) is 0 Å². The van der Waals surface area contributed by atoms with Crippen LogP contribution >= 0.6 is 11.6 Å². The lowest BCUT2D eigenvalue weighted by Gasteiger charge is -2.14. The summed E-state index contributed by atoms with van der Waals surface area (Å²) in [7, 11) is 4.15. The molecule has 0 atom stereocenters. The highest BCUT2D eigenvalue weighted by Gasteiger charge is 2.26. The standard InChI is InChI=1S/C20H29ClN4O/c1-6-9-16-18(20(26)22-12-13-24(4)5)19(14(2)3)25(23-16)17-11-8-7-10-15(17)21/h7-8,10-11,14H,6,9,12-13H2,1-5H3,(H,22,26)/p+1. The van der Waals surface area contributed by atoms with Crippen LogP contribution in [0.15, 0.2) is 24.3 Å². The van der Waals surface area contributed by atoms with Gasteiger partial charge in [-0.05, 0) is 24.5 Å². The van der Waals surface area contributed by atoms with Crippen molar-refractivity contribution in [2.24, 2.45) is 0 Å². The van der Waals surface area contributed by atoms with Crippen LogP contribution in [0.25, 0.3) is 5.69 Å². The van der Waals surface area contributed by atoms with Crippen molar-refractivity contribution in [2.75, 3.05) is 27.2 Å². The van der Waals surface area contributed by atoms with Crippen LogP contribution < -0.4 is 10.2 Å². The molecule has 0 fully saturated rings. The minimum absolute atomic E-state index is 0.0447. The van der Waals surface area contributed by atoms with Gasteiger partial charge in [0.05, 0.1) is 54.8 Å². The van der Waals surface area contributed by atoms with E-state index in [0.29, 0.717) is 17.1 Å². The molecule has 1 aromatic carbocycles. The molecule has 0 radical (unpaired) electrons. The molecular formula is C20H30ClN4O+. The first-order valence-corrected chi connectivity index (χ1v) is 9.68. The number of rotatable bonds is 8. The fraction of sp³-hybridized carbons (Fsp3) is 0.500. The molecule has 2 aromatic rings. The number of halogens is 1. The Hall–Kier alpha value is -1.85. The van der Waals surface area contributed by atoms with Crippen molar-refractivity contribution in [1.82, 2.24) is 15.1 Å². The van der Waals surface area contributed by atoms with E-state index in [1.165, 1.54) is 4.90 Å². The molecule has 0 bridgehead atoms. The molecule has 1 amide bonds. The van der Waals surface area contributed by atoms with Crippen LogP contribution in [-0.4, -0.2) is 42.9 Å². The number of carbonyl (C=O) groups is 1. The molecular weight excluding hydrogens is 348 g/mol. The highest BCUT2D eigenvalue weighted by molar-refractivity contribution is 6.32. The van der Waals surface area contributed by atoms with Gasteiger partial charge in [-0.2, -0.15) is 5.10 Å². The lowest BCUT2D eigenvalue weighted by atomic mass is 10.0. The van der Waals surface area contributed by atoms with Crippen LogP contribution in [0.2, 0.25) is 5.02 Å². The number of likely N-dealkylation sites (N-methyl/N-ethyl adjacent to an activating group) is 1. The van der Waals surface area contributed by atoms with Gasteiger partial charge in [0.1, 0.15) is 0 Å². The van der Waals surface area contributed by atoms with Gasteiger partial charge in [-0.15, -0.1) is 0 Å². The zero-order valence-electron chi connectivity index (χ0n) is 16.4. The third kappa shape index (κ3) is 4.65. The first kappa shape index (κ1) is 20.5. The molecule has 2 rings (SSSR count). The van der Waals surface area contributed by atoms with Crippen LogP contribution in [0.4, 0.5) is 0 Å². The van der Waals surface area contributed by atoms with E-state index in [4.69, 9.17) is 16.7 Å². The maximum absolute atomic E-state index is 13.0. The van der Waals surface area contributed by atoms with E-state index < -0.39 is 0 Å². The van der Waals surface area contributed by atoms with Crippen molar-refractivity contribution >= 4 is 17.5 Å². The number of quaternary nitrogens is 1. The van der Waals surface area contributed by atoms with Crippen molar-refractivity contribution < 1.29 is 9.69 Å². The molecule has 6 heteroatoms. The van der Waals surface area contributed by atoms with Crippen molar-refractivity contribution in [2.45, 2.75) is 39.5 Å². The number of aromatic nitrogens is 2. The predicted molar refractivity (Wildman–Crippen MR) is 107 cm³/mol. The zero-order chi connectivity index (χ0) is 19.3. The summed E-state index contributed by atoms with van der Waals surface area (Å²) < 4.78 is 1.85. The highest BCUT2D eigenvalue weighted by atomic mass is 35.5. The minimum Gasteiger partial charge on any atom is -0.346 e. The first-order chi connectivity index (χ1) is 12.4. The van der Waals surface area contributed by atoms with E-state index in [1.54, 1.807) is 0 Å². The van der Waals surface area contributed by atoms with E-state index in [1.807, 2.05) is 28.9 Å². The monoisotopic (exact) mass is 377 g/mol. The molecule has 0 spiro atoms. The molecule has 0 unspecified atom stereocenters. The summed E-state index contributed by atoms with van der Waals surface area (Å²) in [5, 5.41) is 8.47. The fourth-order valence-corrected chi connectivity index (χ4v) is 3.21. The first-order valence-electron chi connectivity index (χ1n) is 9.30. The molecule has 26 heavy (non-hydrogen) atoms. The Morgan fingerprint density at radius 3 is 2.58 bits per heavy atom. The molecule has 0 aliphatic carbocycles. The van der Waals surface area contributed by atoms with Gasteiger partial charge in [0.25, 0.3) is 5.91 Å². The molecule has 5 nitrogen and oxygen atoms in total. The molecule has 0 saturated carbocycles. The predicted octanol–water partition coefficient (Wildman–Crippen LogP) is 2.48. The van der Waals surface area contributed by atoms with E-state index in [0.717, 1.165) is 36.5 Å². The van der Waals surface area contributed by atoms with Crippen molar-refractivity contribution in [3.05, 3.63) is 46.2 Å². The average molecular weight is 378 g/mol. The quantitative estimate of drug-likeness (QED) is 0.742. The minimum atomic E-state index is -0.0447. The third-order valence-corrected chi connectivity index (χ3v) is 4.57. The van der Waals surface area contributed by atoms with Crippen molar-refractivity contribution in [1.29, 1.82) is 0 Å². The van der Waals surface area contributed by atoms with Gasteiger partial charge in [-0.3, -0.25) is 4.79 Å². The summed E-state index contributed by atoms with van der Waals surface area (Å²) in [5.74, 6) is 0.0984. The van der Waals surface area contributed by atoms with Gasteiger partial charge >= 0.3 is 0 Å².